The fourth-order valence-corrected chi connectivity index (χ4v) is 3.66. The van der Waals surface area contributed by atoms with Gasteiger partial charge in [-0.3, -0.25) is 19.1 Å². The van der Waals surface area contributed by atoms with Gasteiger partial charge in [0.2, 0.25) is 5.91 Å². The molecule has 3 rings (SSSR count). The average molecular weight is 426 g/mol. The molecule has 166 valence electrons. The van der Waals surface area contributed by atoms with Gasteiger partial charge in [0.05, 0.1) is 0 Å². The Balaban J connectivity index is 1.91. The van der Waals surface area contributed by atoms with Crippen LogP contribution in [0.3, 0.4) is 0 Å². The van der Waals surface area contributed by atoms with E-state index in [4.69, 9.17) is 0 Å². The van der Waals surface area contributed by atoms with Crippen molar-refractivity contribution in [2.24, 2.45) is 0 Å². The molecule has 3 aromatic rings. The van der Waals surface area contributed by atoms with Crippen LogP contribution in [0.5, 0.6) is 0 Å². The summed E-state index contributed by atoms with van der Waals surface area (Å²) in [5.41, 5.74) is 0.727. The maximum atomic E-state index is 12.7. The van der Waals surface area contributed by atoms with Crippen LogP contribution in [0, 0.1) is 0 Å². The van der Waals surface area contributed by atoms with Crippen molar-refractivity contribution in [2.75, 3.05) is 5.32 Å². The van der Waals surface area contributed by atoms with Crippen molar-refractivity contribution in [3.8, 4) is 0 Å². The zero-order valence-corrected chi connectivity index (χ0v) is 18.3. The minimum absolute atomic E-state index is 0.115. The Morgan fingerprint density at radius 2 is 1.71 bits per heavy atom. The minimum atomic E-state index is -0.433. The van der Waals surface area contributed by atoms with Crippen LogP contribution < -0.4 is 16.6 Å². The summed E-state index contributed by atoms with van der Waals surface area (Å²) in [5, 5.41) is 2.88. The van der Waals surface area contributed by atoms with E-state index in [0.717, 1.165) is 37.8 Å². The van der Waals surface area contributed by atoms with Gasteiger partial charge < -0.3 is 9.88 Å². The minimum Gasteiger partial charge on any atom is -0.326 e. The van der Waals surface area contributed by atoms with Gasteiger partial charge in [0.15, 0.2) is 11.2 Å². The number of benzene rings is 1. The van der Waals surface area contributed by atoms with Gasteiger partial charge in [-0.2, -0.15) is 0 Å². The topological polar surface area (TPSA) is 102 Å². The van der Waals surface area contributed by atoms with Gasteiger partial charge in [-0.15, -0.1) is 0 Å². The molecule has 0 atom stereocenters. The third kappa shape index (κ3) is 5.51. The smallest absolute Gasteiger partial charge is 0.326 e. The number of anilines is 1. The van der Waals surface area contributed by atoms with Crippen LogP contribution in [-0.4, -0.2) is 25.0 Å². The van der Waals surface area contributed by atoms with E-state index in [1.165, 1.54) is 0 Å². The molecule has 0 radical (unpaired) electrons. The number of aryl methyl sites for hydroxylation is 3. The Bertz CT molecular complexity index is 1130. The van der Waals surface area contributed by atoms with E-state index >= 15 is 0 Å². The largest absolute Gasteiger partial charge is 0.330 e. The summed E-state index contributed by atoms with van der Waals surface area (Å²) in [6.07, 6.45) is 5.36. The molecule has 8 nitrogen and oxygen atoms in total. The maximum Gasteiger partial charge on any atom is 0.330 e. The third-order valence-electron chi connectivity index (χ3n) is 5.32. The standard InChI is InChI=1S/C23H31N5O3/c1-3-5-10-16-27-18(13-14-19(29)24-17-11-8-7-9-12-17)25-21-20(27)22(30)26-23(31)28(21)15-6-4-2/h7-9,11-12H,3-6,10,13-16H2,1-2H3,(H,24,29)(H,26,30,31). The van der Waals surface area contributed by atoms with Crippen molar-refractivity contribution < 1.29 is 4.79 Å². The number of amides is 1. The molecule has 2 heterocycles. The molecule has 0 spiro atoms. The summed E-state index contributed by atoms with van der Waals surface area (Å²) in [6, 6.07) is 9.30. The molecule has 1 amide bonds. The highest BCUT2D eigenvalue weighted by atomic mass is 16.2. The first-order valence-electron chi connectivity index (χ1n) is 11.1. The second-order valence-corrected chi connectivity index (χ2v) is 7.74. The Hall–Kier alpha value is -3.16. The van der Waals surface area contributed by atoms with Crippen LogP contribution in [0.25, 0.3) is 11.2 Å². The second-order valence-electron chi connectivity index (χ2n) is 7.74. The van der Waals surface area contributed by atoms with Gasteiger partial charge in [0, 0.05) is 31.6 Å². The molecule has 0 aliphatic heterocycles. The van der Waals surface area contributed by atoms with Crippen molar-refractivity contribution >= 4 is 22.8 Å². The Morgan fingerprint density at radius 1 is 1.00 bits per heavy atom. The SMILES string of the molecule is CCCCCn1c(CCC(=O)Nc2ccccc2)nc2c1c(=O)[nH]c(=O)n2CCCC. The second kappa shape index (κ2) is 10.7. The maximum absolute atomic E-state index is 12.7. The van der Waals surface area contributed by atoms with Crippen molar-refractivity contribution in [1.82, 2.24) is 19.1 Å². The molecular weight excluding hydrogens is 394 g/mol. The number of hydrogen-bond donors (Lipinski definition) is 2. The number of nitrogens with one attached hydrogen (secondary N) is 2. The number of fused-ring (bicyclic) bond motifs is 1. The van der Waals surface area contributed by atoms with E-state index in [9.17, 15) is 14.4 Å². The number of hydrogen-bond acceptors (Lipinski definition) is 4. The molecule has 0 aliphatic carbocycles. The van der Waals surface area contributed by atoms with Crippen LogP contribution in [0.2, 0.25) is 0 Å². The Morgan fingerprint density at radius 3 is 2.42 bits per heavy atom. The van der Waals surface area contributed by atoms with Gasteiger partial charge >= 0.3 is 5.69 Å². The van der Waals surface area contributed by atoms with Gasteiger partial charge in [-0.25, -0.2) is 9.78 Å². The molecule has 1 aromatic carbocycles. The highest BCUT2D eigenvalue weighted by molar-refractivity contribution is 5.90. The quantitative estimate of drug-likeness (QED) is 0.459. The number of nitrogens with zero attached hydrogens (tertiary/aromatic N) is 3. The number of aromatic nitrogens is 4. The van der Waals surface area contributed by atoms with Crippen LogP contribution in [0.1, 0.15) is 58.2 Å². The molecule has 2 N–H and O–H groups in total. The molecule has 0 unspecified atom stereocenters. The lowest BCUT2D eigenvalue weighted by Gasteiger charge is -2.09. The van der Waals surface area contributed by atoms with E-state index in [2.05, 4.69) is 22.2 Å². The fraction of sp³-hybridized carbons (Fsp3) is 0.478. The normalized spacial score (nSPS) is 11.2. The molecule has 0 fully saturated rings. The summed E-state index contributed by atoms with van der Waals surface area (Å²) in [5.74, 6) is 0.548. The lowest BCUT2D eigenvalue weighted by molar-refractivity contribution is -0.116. The lowest BCUT2D eigenvalue weighted by Crippen LogP contribution is -2.31. The first-order valence-corrected chi connectivity index (χ1v) is 11.1. The van der Waals surface area contributed by atoms with Crippen molar-refractivity contribution in [3.05, 3.63) is 57.0 Å². The predicted molar refractivity (Wildman–Crippen MR) is 122 cm³/mol. The van der Waals surface area contributed by atoms with Crippen LogP contribution in [0.4, 0.5) is 5.69 Å². The number of aromatic amines is 1. The van der Waals surface area contributed by atoms with Crippen LogP contribution >= 0.6 is 0 Å². The van der Waals surface area contributed by atoms with E-state index in [-0.39, 0.29) is 12.3 Å². The molecule has 31 heavy (non-hydrogen) atoms. The number of unbranched alkanes of at least 4 members (excludes halogenated alkanes) is 3. The van der Waals surface area contributed by atoms with Crippen molar-refractivity contribution in [1.29, 1.82) is 0 Å². The average Bonchev–Trinajstić information content (AvgIpc) is 3.12. The molecular formula is C23H31N5O3. The molecule has 0 saturated heterocycles. The number of imidazole rings is 1. The predicted octanol–water partition coefficient (Wildman–Crippen LogP) is 3.45. The molecule has 0 saturated carbocycles. The monoisotopic (exact) mass is 425 g/mol. The third-order valence-corrected chi connectivity index (χ3v) is 5.32. The summed E-state index contributed by atoms with van der Waals surface area (Å²) < 4.78 is 3.44. The van der Waals surface area contributed by atoms with Crippen LogP contribution in [-0.2, 0) is 24.3 Å². The zero-order valence-electron chi connectivity index (χ0n) is 18.3. The molecule has 0 aliphatic rings. The van der Waals surface area contributed by atoms with Gasteiger partial charge in [0.25, 0.3) is 5.56 Å². The number of carbonyl (C=O) groups is 1. The van der Waals surface area contributed by atoms with Crippen LogP contribution in [0.15, 0.2) is 39.9 Å². The number of H-pyrrole nitrogens is 1. The lowest BCUT2D eigenvalue weighted by atomic mass is 10.2. The summed E-state index contributed by atoms with van der Waals surface area (Å²) in [7, 11) is 0. The summed E-state index contributed by atoms with van der Waals surface area (Å²) >= 11 is 0. The molecule has 0 bridgehead atoms. The first-order chi connectivity index (χ1) is 15.0. The van der Waals surface area contributed by atoms with Gasteiger partial charge in [-0.05, 0) is 25.0 Å². The Labute approximate surface area is 181 Å². The number of carbonyl (C=O) groups excluding carboxylic acids is 1. The van der Waals surface area contributed by atoms with E-state index in [0.29, 0.717) is 36.5 Å². The van der Waals surface area contributed by atoms with Crippen molar-refractivity contribution in [2.45, 2.75) is 71.9 Å². The number of para-hydroxylation sites is 1. The molecule has 8 heteroatoms. The summed E-state index contributed by atoms with van der Waals surface area (Å²) in [4.78, 5) is 44.6. The Kier molecular flexibility index (Phi) is 7.81. The first kappa shape index (κ1) is 22.5. The highest BCUT2D eigenvalue weighted by Gasteiger charge is 2.19. The molecule has 2 aromatic heterocycles. The summed E-state index contributed by atoms with van der Waals surface area (Å²) in [6.45, 7) is 5.31. The van der Waals surface area contributed by atoms with Gasteiger partial charge in [-0.1, -0.05) is 51.3 Å². The van der Waals surface area contributed by atoms with E-state index in [1.54, 1.807) is 4.57 Å². The highest BCUT2D eigenvalue weighted by Crippen LogP contribution is 2.16. The zero-order chi connectivity index (χ0) is 22.2. The van der Waals surface area contributed by atoms with E-state index < -0.39 is 11.2 Å². The van der Waals surface area contributed by atoms with Crippen molar-refractivity contribution in [3.63, 3.8) is 0 Å². The van der Waals surface area contributed by atoms with Gasteiger partial charge in [0.1, 0.15) is 5.82 Å². The fourth-order valence-electron chi connectivity index (χ4n) is 3.66. The number of rotatable bonds is 11. The van der Waals surface area contributed by atoms with E-state index in [1.807, 2.05) is 41.8 Å².